The lowest BCUT2D eigenvalue weighted by Crippen LogP contribution is -2.15. The number of nitrogens with one attached hydrogen (secondary N) is 3. The third kappa shape index (κ3) is 2.46. The standard InChI is InChI=1S/C17H12N6O/c18-8-10-1-3-11(4-2-10)21-15(24)7-14-22-13-9-20-17-12(5-6-19-17)16(13)23-14/h1-6,9H,7H2,(H,19,20)(H,21,24)(H,22,23). The van der Waals surface area contributed by atoms with Crippen molar-refractivity contribution in [1.82, 2.24) is 19.9 Å². The van der Waals surface area contributed by atoms with Gasteiger partial charge in [-0.1, -0.05) is 0 Å². The van der Waals surface area contributed by atoms with Crippen LogP contribution < -0.4 is 5.32 Å². The number of carbonyl (C=O) groups is 1. The van der Waals surface area contributed by atoms with Crippen LogP contribution in [0, 0.1) is 11.3 Å². The first-order valence-corrected chi connectivity index (χ1v) is 7.33. The van der Waals surface area contributed by atoms with Gasteiger partial charge in [-0.05, 0) is 30.3 Å². The first-order valence-electron chi connectivity index (χ1n) is 7.33. The molecule has 0 fully saturated rings. The van der Waals surface area contributed by atoms with E-state index >= 15 is 0 Å². The fraction of sp³-hybridized carbons (Fsp3) is 0.0588. The number of fused-ring (bicyclic) bond motifs is 3. The average Bonchev–Trinajstić information content (AvgIpc) is 3.20. The van der Waals surface area contributed by atoms with Gasteiger partial charge in [0, 0.05) is 17.3 Å². The number of anilines is 1. The molecule has 3 heterocycles. The Hall–Kier alpha value is -3.66. The quantitative estimate of drug-likeness (QED) is 0.539. The molecule has 7 heteroatoms. The van der Waals surface area contributed by atoms with Gasteiger partial charge in [0.25, 0.3) is 0 Å². The van der Waals surface area contributed by atoms with E-state index in [0.717, 1.165) is 22.1 Å². The first kappa shape index (κ1) is 14.0. The molecule has 0 radical (unpaired) electrons. The molecular formula is C17H12N6O. The Morgan fingerprint density at radius 2 is 2.08 bits per heavy atom. The molecule has 3 N–H and O–H groups in total. The molecule has 4 aromatic rings. The summed E-state index contributed by atoms with van der Waals surface area (Å²) in [5.41, 5.74) is 3.56. The van der Waals surface area contributed by atoms with Crippen molar-refractivity contribution in [2.75, 3.05) is 5.32 Å². The molecule has 0 saturated carbocycles. The highest BCUT2D eigenvalue weighted by Crippen LogP contribution is 2.20. The van der Waals surface area contributed by atoms with E-state index in [-0.39, 0.29) is 12.3 Å². The van der Waals surface area contributed by atoms with Crippen LogP contribution in [0.3, 0.4) is 0 Å². The molecule has 3 aromatic heterocycles. The van der Waals surface area contributed by atoms with Crippen LogP contribution in [0.4, 0.5) is 5.69 Å². The van der Waals surface area contributed by atoms with Crippen molar-refractivity contribution in [1.29, 1.82) is 5.26 Å². The van der Waals surface area contributed by atoms with E-state index in [2.05, 4.69) is 25.3 Å². The van der Waals surface area contributed by atoms with Crippen LogP contribution in [0.25, 0.3) is 22.1 Å². The number of H-pyrrole nitrogens is 2. The number of amides is 1. The molecule has 0 aliphatic rings. The molecule has 1 amide bonds. The van der Waals surface area contributed by atoms with Gasteiger partial charge in [0.05, 0.1) is 29.8 Å². The van der Waals surface area contributed by atoms with Gasteiger partial charge in [0.1, 0.15) is 17.0 Å². The smallest absolute Gasteiger partial charge is 0.231 e. The summed E-state index contributed by atoms with van der Waals surface area (Å²) >= 11 is 0. The number of carbonyl (C=O) groups excluding carboxylic acids is 1. The maximum Gasteiger partial charge on any atom is 0.231 e. The van der Waals surface area contributed by atoms with Gasteiger partial charge >= 0.3 is 0 Å². The third-order valence-electron chi connectivity index (χ3n) is 3.72. The Kier molecular flexibility index (Phi) is 3.21. The van der Waals surface area contributed by atoms with Crippen molar-refractivity contribution in [3.05, 3.63) is 54.1 Å². The van der Waals surface area contributed by atoms with Crippen LogP contribution in [-0.4, -0.2) is 25.8 Å². The molecular weight excluding hydrogens is 304 g/mol. The minimum absolute atomic E-state index is 0.126. The predicted molar refractivity (Wildman–Crippen MR) is 89.2 cm³/mol. The first-order chi connectivity index (χ1) is 11.7. The zero-order valence-electron chi connectivity index (χ0n) is 12.5. The number of hydrogen-bond acceptors (Lipinski definition) is 4. The maximum absolute atomic E-state index is 12.2. The van der Waals surface area contributed by atoms with Crippen molar-refractivity contribution >= 4 is 33.7 Å². The Morgan fingerprint density at radius 3 is 2.88 bits per heavy atom. The topological polar surface area (TPSA) is 110 Å². The summed E-state index contributed by atoms with van der Waals surface area (Å²) in [6.45, 7) is 0. The highest BCUT2D eigenvalue weighted by molar-refractivity contribution is 6.01. The highest BCUT2D eigenvalue weighted by atomic mass is 16.1. The Labute approximate surface area is 136 Å². The Morgan fingerprint density at radius 1 is 1.25 bits per heavy atom. The van der Waals surface area contributed by atoms with Gasteiger partial charge in [0.2, 0.25) is 5.91 Å². The number of nitriles is 1. The number of imidazole rings is 1. The van der Waals surface area contributed by atoms with Crippen molar-refractivity contribution in [3.63, 3.8) is 0 Å². The monoisotopic (exact) mass is 316 g/mol. The minimum atomic E-state index is -0.183. The third-order valence-corrected chi connectivity index (χ3v) is 3.72. The number of hydrogen-bond donors (Lipinski definition) is 3. The summed E-state index contributed by atoms with van der Waals surface area (Å²) in [5, 5.41) is 12.5. The predicted octanol–water partition coefficient (Wildman–Crippen LogP) is 2.49. The van der Waals surface area contributed by atoms with Crippen molar-refractivity contribution in [2.24, 2.45) is 0 Å². The number of rotatable bonds is 3. The second-order valence-electron chi connectivity index (χ2n) is 5.36. The second-order valence-corrected chi connectivity index (χ2v) is 5.36. The highest BCUT2D eigenvalue weighted by Gasteiger charge is 2.11. The van der Waals surface area contributed by atoms with Crippen LogP contribution >= 0.6 is 0 Å². The summed E-state index contributed by atoms with van der Waals surface area (Å²) in [5.74, 6) is 0.392. The van der Waals surface area contributed by atoms with Gasteiger partial charge < -0.3 is 15.3 Å². The summed E-state index contributed by atoms with van der Waals surface area (Å²) in [7, 11) is 0. The van der Waals surface area contributed by atoms with Crippen molar-refractivity contribution in [2.45, 2.75) is 6.42 Å². The van der Waals surface area contributed by atoms with E-state index in [1.165, 1.54) is 0 Å². The van der Waals surface area contributed by atoms with Crippen LogP contribution in [0.1, 0.15) is 11.4 Å². The van der Waals surface area contributed by atoms with Crippen LogP contribution in [0.15, 0.2) is 42.7 Å². The lowest BCUT2D eigenvalue weighted by atomic mass is 10.2. The number of pyridine rings is 1. The summed E-state index contributed by atoms with van der Waals surface area (Å²) in [6, 6.07) is 10.7. The fourth-order valence-corrected chi connectivity index (χ4v) is 2.60. The molecule has 4 rings (SSSR count). The molecule has 0 atom stereocenters. The van der Waals surface area contributed by atoms with E-state index in [0.29, 0.717) is 17.1 Å². The summed E-state index contributed by atoms with van der Waals surface area (Å²) in [6.07, 6.45) is 3.61. The van der Waals surface area contributed by atoms with E-state index in [9.17, 15) is 4.79 Å². The SMILES string of the molecule is N#Cc1ccc(NC(=O)Cc2nc3cnc4[nH]ccc4c3[nH]2)cc1. The Bertz CT molecular complexity index is 1080. The molecule has 24 heavy (non-hydrogen) atoms. The number of nitrogens with zero attached hydrogens (tertiary/aromatic N) is 3. The van der Waals surface area contributed by atoms with E-state index in [1.54, 1.807) is 30.5 Å². The van der Waals surface area contributed by atoms with Crippen LogP contribution in [0.2, 0.25) is 0 Å². The van der Waals surface area contributed by atoms with Crippen LogP contribution in [0.5, 0.6) is 0 Å². The van der Waals surface area contributed by atoms with E-state index in [1.807, 2.05) is 18.3 Å². The molecule has 0 aliphatic carbocycles. The van der Waals surface area contributed by atoms with Gasteiger partial charge in [0.15, 0.2) is 0 Å². The normalized spacial score (nSPS) is 10.8. The molecule has 116 valence electrons. The largest absolute Gasteiger partial charge is 0.346 e. The van der Waals surface area contributed by atoms with E-state index in [4.69, 9.17) is 5.26 Å². The molecule has 0 unspecified atom stereocenters. The average molecular weight is 316 g/mol. The minimum Gasteiger partial charge on any atom is -0.346 e. The molecule has 7 nitrogen and oxygen atoms in total. The zero-order chi connectivity index (χ0) is 16.5. The molecule has 0 spiro atoms. The van der Waals surface area contributed by atoms with E-state index < -0.39 is 0 Å². The van der Waals surface area contributed by atoms with Gasteiger partial charge in [-0.2, -0.15) is 5.26 Å². The van der Waals surface area contributed by atoms with Gasteiger partial charge in [-0.15, -0.1) is 0 Å². The molecule has 0 saturated heterocycles. The Balaban J connectivity index is 1.54. The second kappa shape index (κ2) is 5.52. The molecule has 1 aromatic carbocycles. The number of aromatic nitrogens is 4. The lowest BCUT2D eigenvalue weighted by molar-refractivity contribution is -0.115. The lowest BCUT2D eigenvalue weighted by Gasteiger charge is -2.03. The number of benzene rings is 1. The molecule has 0 bridgehead atoms. The van der Waals surface area contributed by atoms with Gasteiger partial charge in [-0.3, -0.25) is 4.79 Å². The maximum atomic E-state index is 12.2. The van der Waals surface area contributed by atoms with Gasteiger partial charge in [-0.25, -0.2) is 9.97 Å². The summed E-state index contributed by atoms with van der Waals surface area (Å²) < 4.78 is 0. The summed E-state index contributed by atoms with van der Waals surface area (Å²) in [4.78, 5) is 27.1. The van der Waals surface area contributed by atoms with Crippen molar-refractivity contribution < 1.29 is 4.79 Å². The number of aromatic amines is 2. The molecule has 0 aliphatic heterocycles. The van der Waals surface area contributed by atoms with Crippen LogP contribution in [-0.2, 0) is 11.2 Å². The fourth-order valence-electron chi connectivity index (χ4n) is 2.60. The van der Waals surface area contributed by atoms with Crippen molar-refractivity contribution in [3.8, 4) is 6.07 Å². The zero-order valence-corrected chi connectivity index (χ0v) is 12.5.